The number of amides is 3. The summed E-state index contributed by atoms with van der Waals surface area (Å²) >= 11 is 5.53. The van der Waals surface area contributed by atoms with Gasteiger partial charge in [-0.15, -0.1) is 0 Å². The highest BCUT2D eigenvalue weighted by atomic mass is 35.5. The molecule has 1 fully saturated rings. The monoisotopic (exact) mass is 226 g/mol. The number of carbonyl (C=O) groups is 2. The number of nitrogens with one attached hydrogen (secondary N) is 1. The molecule has 1 aromatic rings. The first-order valence-corrected chi connectivity index (χ1v) is 4.63. The van der Waals surface area contributed by atoms with Crippen LogP contribution in [0.4, 0.5) is 4.79 Å². The second-order valence-corrected chi connectivity index (χ2v) is 3.30. The number of urea groups is 1. The van der Waals surface area contributed by atoms with E-state index < -0.39 is 11.9 Å². The average molecular weight is 227 g/mol. The predicted molar refractivity (Wildman–Crippen MR) is 51.5 cm³/mol. The van der Waals surface area contributed by atoms with Crippen LogP contribution in [-0.2, 0) is 0 Å². The third-order valence-corrected chi connectivity index (χ3v) is 2.14. The van der Waals surface area contributed by atoms with Crippen molar-refractivity contribution >= 4 is 23.5 Å². The van der Waals surface area contributed by atoms with Gasteiger partial charge in [-0.3, -0.25) is 9.69 Å². The van der Waals surface area contributed by atoms with E-state index in [2.05, 4.69) is 15.3 Å². The van der Waals surface area contributed by atoms with Gasteiger partial charge in [-0.25, -0.2) is 14.8 Å². The lowest BCUT2D eigenvalue weighted by Gasteiger charge is -2.10. The third kappa shape index (κ3) is 1.89. The molecule has 3 amide bonds. The van der Waals surface area contributed by atoms with E-state index in [0.29, 0.717) is 13.1 Å². The topological polar surface area (TPSA) is 75.2 Å². The highest BCUT2D eigenvalue weighted by molar-refractivity contribution is 6.29. The Bertz CT molecular complexity index is 406. The Hall–Kier alpha value is -1.69. The van der Waals surface area contributed by atoms with Gasteiger partial charge in [0.2, 0.25) is 0 Å². The Morgan fingerprint density at radius 2 is 2.27 bits per heavy atom. The molecule has 0 unspecified atom stereocenters. The van der Waals surface area contributed by atoms with Crippen LogP contribution in [0.5, 0.6) is 0 Å². The number of hydrogen-bond acceptors (Lipinski definition) is 4. The zero-order chi connectivity index (χ0) is 10.8. The second kappa shape index (κ2) is 3.82. The minimum Gasteiger partial charge on any atom is -0.336 e. The first-order valence-electron chi connectivity index (χ1n) is 4.26. The molecule has 0 bridgehead atoms. The normalized spacial score (nSPS) is 15.3. The van der Waals surface area contributed by atoms with Gasteiger partial charge in [-0.1, -0.05) is 11.6 Å². The van der Waals surface area contributed by atoms with Crippen LogP contribution in [0.1, 0.15) is 10.5 Å². The van der Waals surface area contributed by atoms with Gasteiger partial charge >= 0.3 is 6.03 Å². The van der Waals surface area contributed by atoms with Crippen molar-refractivity contribution in [3.8, 4) is 0 Å². The molecular weight excluding hydrogens is 220 g/mol. The molecule has 1 N–H and O–H groups in total. The van der Waals surface area contributed by atoms with Crippen molar-refractivity contribution in [2.75, 3.05) is 13.1 Å². The van der Waals surface area contributed by atoms with Gasteiger partial charge in [0.05, 0.1) is 12.4 Å². The lowest BCUT2D eigenvalue weighted by molar-refractivity contribution is 0.0823. The summed E-state index contributed by atoms with van der Waals surface area (Å²) in [6, 6.07) is -0.406. The lowest BCUT2D eigenvalue weighted by Crippen LogP contribution is -2.34. The zero-order valence-corrected chi connectivity index (χ0v) is 8.36. The van der Waals surface area contributed by atoms with Crippen LogP contribution in [0.15, 0.2) is 12.4 Å². The standard InChI is InChI=1S/C8H7ClN4O2/c9-6-4-11-5(3-12-6)7(14)13-2-1-10-8(13)15/h3-4H,1-2H2,(H,10,15). The highest BCUT2D eigenvalue weighted by Gasteiger charge is 2.27. The minimum absolute atomic E-state index is 0.108. The quantitative estimate of drug-likeness (QED) is 0.747. The van der Waals surface area contributed by atoms with E-state index in [0.717, 1.165) is 4.90 Å². The SMILES string of the molecule is O=C1NCCN1C(=O)c1cnc(Cl)cn1. The Labute approximate surface area is 90.3 Å². The van der Waals surface area contributed by atoms with E-state index >= 15 is 0 Å². The van der Waals surface area contributed by atoms with Crippen LogP contribution in [-0.4, -0.2) is 39.9 Å². The molecule has 1 aromatic heterocycles. The first kappa shape index (κ1) is 9.85. The van der Waals surface area contributed by atoms with E-state index in [1.54, 1.807) is 0 Å². The van der Waals surface area contributed by atoms with E-state index in [9.17, 15) is 9.59 Å². The molecule has 2 rings (SSSR count). The Morgan fingerprint density at radius 3 is 2.80 bits per heavy atom. The molecule has 1 aliphatic heterocycles. The molecule has 1 aliphatic rings. The van der Waals surface area contributed by atoms with Crippen molar-refractivity contribution in [2.45, 2.75) is 0 Å². The van der Waals surface area contributed by atoms with Crippen molar-refractivity contribution in [1.82, 2.24) is 20.2 Å². The van der Waals surface area contributed by atoms with Gasteiger partial charge in [-0.2, -0.15) is 0 Å². The van der Waals surface area contributed by atoms with Crippen molar-refractivity contribution in [2.24, 2.45) is 0 Å². The van der Waals surface area contributed by atoms with Crippen LogP contribution in [0.3, 0.4) is 0 Å². The molecule has 2 heterocycles. The summed E-state index contributed by atoms with van der Waals surface area (Å²) in [6.07, 6.45) is 2.51. The van der Waals surface area contributed by atoms with Crippen LogP contribution >= 0.6 is 11.6 Å². The lowest BCUT2D eigenvalue weighted by atomic mass is 10.4. The first-order chi connectivity index (χ1) is 7.18. The summed E-state index contributed by atoms with van der Waals surface area (Å²) in [5.74, 6) is -0.464. The largest absolute Gasteiger partial charge is 0.336 e. The average Bonchev–Trinajstić information content (AvgIpc) is 2.65. The second-order valence-electron chi connectivity index (χ2n) is 2.91. The Balaban J connectivity index is 2.20. The number of hydrogen-bond donors (Lipinski definition) is 1. The zero-order valence-electron chi connectivity index (χ0n) is 7.61. The number of carbonyl (C=O) groups excluding carboxylic acids is 2. The summed E-state index contributed by atoms with van der Waals surface area (Å²) in [5.41, 5.74) is 0.108. The Morgan fingerprint density at radius 1 is 1.47 bits per heavy atom. The molecule has 0 aromatic carbocycles. The number of rotatable bonds is 1. The van der Waals surface area contributed by atoms with E-state index in [1.165, 1.54) is 12.4 Å². The fraction of sp³-hybridized carbons (Fsp3) is 0.250. The van der Waals surface area contributed by atoms with Crippen LogP contribution in [0, 0.1) is 0 Å². The van der Waals surface area contributed by atoms with Crippen molar-refractivity contribution < 1.29 is 9.59 Å². The summed E-state index contributed by atoms with van der Waals surface area (Å²) < 4.78 is 0. The maximum atomic E-state index is 11.7. The van der Waals surface area contributed by atoms with Crippen LogP contribution in [0.2, 0.25) is 5.15 Å². The molecule has 78 valence electrons. The highest BCUT2D eigenvalue weighted by Crippen LogP contribution is 2.06. The van der Waals surface area contributed by atoms with Gasteiger partial charge in [0.25, 0.3) is 5.91 Å². The van der Waals surface area contributed by atoms with Crippen molar-refractivity contribution in [3.63, 3.8) is 0 Å². The smallest absolute Gasteiger partial charge is 0.324 e. The molecule has 0 aliphatic carbocycles. The van der Waals surface area contributed by atoms with E-state index in [1.807, 2.05) is 0 Å². The van der Waals surface area contributed by atoms with Gasteiger partial charge in [0.15, 0.2) is 0 Å². The van der Waals surface area contributed by atoms with Gasteiger partial charge in [-0.05, 0) is 0 Å². The number of nitrogens with zero attached hydrogens (tertiary/aromatic N) is 3. The van der Waals surface area contributed by atoms with Gasteiger partial charge in [0, 0.05) is 13.1 Å². The molecule has 0 saturated carbocycles. The number of aromatic nitrogens is 2. The van der Waals surface area contributed by atoms with Gasteiger partial charge < -0.3 is 5.32 Å². The molecule has 0 radical (unpaired) electrons. The molecular formula is C8H7ClN4O2. The molecule has 6 nitrogen and oxygen atoms in total. The molecule has 1 saturated heterocycles. The third-order valence-electron chi connectivity index (χ3n) is 1.94. The molecule has 15 heavy (non-hydrogen) atoms. The Kier molecular flexibility index (Phi) is 2.51. The number of imide groups is 1. The van der Waals surface area contributed by atoms with Crippen LogP contribution < -0.4 is 5.32 Å². The maximum Gasteiger partial charge on any atom is 0.324 e. The minimum atomic E-state index is -0.464. The van der Waals surface area contributed by atoms with Gasteiger partial charge in [0.1, 0.15) is 10.8 Å². The van der Waals surface area contributed by atoms with Crippen LogP contribution in [0.25, 0.3) is 0 Å². The summed E-state index contributed by atoms with van der Waals surface area (Å²) in [5, 5.41) is 2.73. The molecule has 0 spiro atoms. The van der Waals surface area contributed by atoms with Crippen molar-refractivity contribution in [3.05, 3.63) is 23.2 Å². The fourth-order valence-corrected chi connectivity index (χ4v) is 1.32. The molecule has 0 atom stereocenters. The summed E-state index contributed by atoms with van der Waals surface area (Å²) in [7, 11) is 0. The molecule has 7 heteroatoms. The summed E-state index contributed by atoms with van der Waals surface area (Å²) in [6.45, 7) is 0.813. The van der Waals surface area contributed by atoms with E-state index in [-0.39, 0.29) is 10.8 Å². The number of halogens is 1. The maximum absolute atomic E-state index is 11.7. The van der Waals surface area contributed by atoms with E-state index in [4.69, 9.17) is 11.6 Å². The predicted octanol–water partition coefficient (Wildman–Crippen LogP) is 0.295. The fourth-order valence-electron chi connectivity index (χ4n) is 1.23. The summed E-state index contributed by atoms with van der Waals surface area (Å²) in [4.78, 5) is 31.5. The van der Waals surface area contributed by atoms with Crippen molar-refractivity contribution in [1.29, 1.82) is 0 Å².